The molecule has 0 spiro atoms. The third-order valence-electron chi connectivity index (χ3n) is 5.08. The molecule has 0 saturated heterocycles. The predicted octanol–water partition coefficient (Wildman–Crippen LogP) is 4.22. The molecule has 1 saturated carbocycles. The molecule has 2 atom stereocenters. The number of carbonyl (C=O) groups excluding carboxylic acids is 1. The van der Waals surface area contributed by atoms with Crippen LogP contribution in [0.3, 0.4) is 0 Å². The lowest BCUT2D eigenvalue weighted by Gasteiger charge is -2.19. The second kappa shape index (κ2) is 7.85. The molecule has 0 aliphatic heterocycles. The van der Waals surface area contributed by atoms with Crippen LogP contribution in [0.1, 0.15) is 31.7 Å². The molecule has 1 N–H and O–H groups in total. The van der Waals surface area contributed by atoms with Crippen LogP contribution in [0.25, 0.3) is 0 Å². The lowest BCUT2D eigenvalue weighted by molar-refractivity contribution is -0.121. The molecule has 0 bridgehead atoms. The van der Waals surface area contributed by atoms with Crippen molar-refractivity contribution in [3.8, 4) is 5.75 Å². The molecule has 138 valence electrons. The Kier molecular flexibility index (Phi) is 5.55. The zero-order chi connectivity index (χ0) is 18.6. The van der Waals surface area contributed by atoms with Crippen molar-refractivity contribution >= 4 is 5.91 Å². The smallest absolute Gasteiger partial charge is 0.220 e. The van der Waals surface area contributed by atoms with Crippen molar-refractivity contribution < 1.29 is 18.3 Å². The summed E-state index contributed by atoms with van der Waals surface area (Å²) in [7, 11) is 0. The Morgan fingerprint density at radius 1 is 1.23 bits per heavy atom. The minimum absolute atomic E-state index is 0.0809. The van der Waals surface area contributed by atoms with Crippen LogP contribution in [0.2, 0.25) is 0 Å². The molecule has 2 unspecified atom stereocenters. The topological polar surface area (TPSA) is 38.3 Å². The Bertz CT molecular complexity index is 766. The summed E-state index contributed by atoms with van der Waals surface area (Å²) in [6, 6.07) is 13.1. The zero-order valence-electron chi connectivity index (χ0n) is 14.8. The fourth-order valence-electron chi connectivity index (χ4n) is 3.38. The van der Waals surface area contributed by atoms with E-state index in [0.717, 1.165) is 18.2 Å². The van der Waals surface area contributed by atoms with Gasteiger partial charge >= 0.3 is 0 Å². The van der Waals surface area contributed by atoms with Crippen molar-refractivity contribution in [3.05, 3.63) is 65.7 Å². The summed E-state index contributed by atoms with van der Waals surface area (Å²) in [5, 5.41) is 2.90. The standard InChI is InChI=1S/C21H23F2NO2/c1-15-13-21(15,18-10-9-16(22)12-19(18)23)14-24-20(25)8-5-11-26-17-6-3-2-4-7-17/h2-4,6-7,9-10,12,15H,5,8,11,13-14H2,1H3,(H,24,25). The highest BCUT2D eigenvalue weighted by atomic mass is 19.1. The van der Waals surface area contributed by atoms with Crippen LogP contribution < -0.4 is 10.1 Å². The molecule has 5 heteroatoms. The number of para-hydroxylation sites is 1. The number of amides is 1. The first-order valence-electron chi connectivity index (χ1n) is 8.91. The highest BCUT2D eigenvalue weighted by Gasteiger charge is 2.53. The van der Waals surface area contributed by atoms with E-state index in [2.05, 4.69) is 5.32 Å². The number of halogens is 2. The third-order valence-corrected chi connectivity index (χ3v) is 5.08. The first-order valence-corrected chi connectivity index (χ1v) is 8.91. The van der Waals surface area contributed by atoms with Crippen LogP contribution in [0.15, 0.2) is 48.5 Å². The van der Waals surface area contributed by atoms with E-state index < -0.39 is 17.0 Å². The van der Waals surface area contributed by atoms with Gasteiger partial charge in [0.2, 0.25) is 5.91 Å². The maximum Gasteiger partial charge on any atom is 0.220 e. The summed E-state index contributed by atoms with van der Waals surface area (Å²) < 4.78 is 32.8. The number of hydrogen-bond donors (Lipinski definition) is 1. The SMILES string of the molecule is CC1CC1(CNC(=O)CCCOc1ccccc1)c1ccc(F)cc1F. The average molecular weight is 359 g/mol. The molecule has 26 heavy (non-hydrogen) atoms. The van der Waals surface area contributed by atoms with Crippen molar-refractivity contribution in [2.75, 3.05) is 13.2 Å². The van der Waals surface area contributed by atoms with E-state index in [4.69, 9.17) is 4.74 Å². The van der Waals surface area contributed by atoms with E-state index in [1.54, 1.807) is 0 Å². The van der Waals surface area contributed by atoms with Gasteiger partial charge in [-0.05, 0) is 42.5 Å². The molecule has 2 aromatic rings. The summed E-state index contributed by atoms with van der Waals surface area (Å²) in [5.41, 5.74) is 0.0627. The van der Waals surface area contributed by atoms with E-state index in [1.165, 1.54) is 12.1 Å². The molecule has 1 amide bonds. The lowest BCUT2D eigenvalue weighted by atomic mass is 9.92. The molecule has 1 fully saturated rings. The molecule has 1 aliphatic carbocycles. The largest absolute Gasteiger partial charge is 0.494 e. The van der Waals surface area contributed by atoms with Crippen LogP contribution in [-0.2, 0) is 10.2 Å². The number of hydrogen-bond acceptors (Lipinski definition) is 2. The van der Waals surface area contributed by atoms with Gasteiger partial charge in [0.25, 0.3) is 0 Å². The molecule has 3 rings (SSSR count). The minimum Gasteiger partial charge on any atom is -0.494 e. The van der Waals surface area contributed by atoms with Crippen molar-refractivity contribution in [1.82, 2.24) is 5.32 Å². The van der Waals surface area contributed by atoms with Gasteiger partial charge in [-0.2, -0.15) is 0 Å². The van der Waals surface area contributed by atoms with Gasteiger partial charge in [0.05, 0.1) is 6.61 Å². The van der Waals surface area contributed by atoms with Gasteiger partial charge < -0.3 is 10.1 Å². The molecular formula is C21H23F2NO2. The second-order valence-corrected chi connectivity index (χ2v) is 6.93. The molecule has 0 heterocycles. The van der Waals surface area contributed by atoms with E-state index >= 15 is 0 Å². The normalized spacial score (nSPS) is 21.3. The van der Waals surface area contributed by atoms with Gasteiger partial charge in [-0.1, -0.05) is 31.2 Å². The predicted molar refractivity (Wildman–Crippen MR) is 96.0 cm³/mol. The van der Waals surface area contributed by atoms with E-state index in [0.29, 0.717) is 31.6 Å². The monoisotopic (exact) mass is 359 g/mol. The first kappa shape index (κ1) is 18.4. The van der Waals surface area contributed by atoms with Gasteiger partial charge in [-0.3, -0.25) is 4.79 Å². The van der Waals surface area contributed by atoms with Crippen LogP contribution in [0.5, 0.6) is 5.75 Å². The van der Waals surface area contributed by atoms with Crippen LogP contribution in [0, 0.1) is 17.6 Å². The number of nitrogens with one attached hydrogen (secondary N) is 1. The number of benzene rings is 2. The Hall–Kier alpha value is -2.43. The first-order chi connectivity index (χ1) is 12.5. The molecule has 0 aromatic heterocycles. The number of rotatable bonds is 8. The summed E-state index contributed by atoms with van der Waals surface area (Å²) in [5.74, 6) is -0.172. The highest BCUT2D eigenvalue weighted by Crippen LogP contribution is 2.54. The summed E-state index contributed by atoms with van der Waals surface area (Å²) in [4.78, 5) is 12.1. The van der Waals surface area contributed by atoms with Gasteiger partial charge in [0, 0.05) is 24.4 Å². The summed E-state index contributed by atoms with van der Waals surface area (Å²) in [6.45, 7) is 2.85. The Balaban J connectivity index is 1.46. The maximum absolute atomic E-state index is 14.1. The van der Waals surface area contributed by atoms with Gasteiger partial charge in [0.1, 0.15) is 17.4 Å². The molecular weight excluding hydrogens is 336 g/mol. The maximum atomic E-state index is 14.1. The summed E-state index contributed by atoms with van der Waals surface area (Å²) >= 11 is 0. The quantitative estimate of drug-likeness (QED) is 0.717. The molecule has 0 radical (unpaired) electrons. The van der Waals surface area contributed by atoms with E-state index in [-0.39, 0.29) is 11.8 Å². The molecule has 1 aliphatic rings. The Morgan fingerprint density at radius 2 is 1.96 bits per heavy atom. The van der Waals surface area contributed by atoms with Crippen molar-refractivity contribution in [3.63, 3.8) is 0 Å². The van der Waals surface area contributed by atoms with Gasteiger partial charge in [0.15, 0.2) is 0 Å². The highest BCUT2D eigenvalue weighted by molar-refractivity contribution is 5.76. The Labute approximate surface area is 152 Å². The van der Waals surface area contributed by atoms with Crippen molar-refractivity contribution in [2.45, 2.75) is 31.6 Å². The second-order valence-electron chi connectivity index (χ2n) is 6.93. The van der Waals surface area contributed by atoms with E-state index in [9.17, 15) is 13.6 Å². The summed E-state index contributed by atoms with van der Waals surface area (Å²) in [6.07, 6.45) is 1.74. The van der Waals surface area contributed by atoms with Gasteiger partial charge in [-0.25, -0.2) is 8.78 Å². The molecule has 2 aromatic carbocycles. The number of carbonyl (C=O) groups is 1. The van der Waals surface area contributed by atoms with Crippen molar-refractivity contribution in [1.29, 1.82) is 0 Å². The van der Waals surface area contributed by atoms with E-state index in [1.807, 2.05) is 37.3 Å². The average Bonchev–Trinajstić information content (AvgIpc) is 3.28. The third kappa shape index (κ3) is 4.21. The van der Waals surface area contributed by atoms with Gasteiger partial charge in [-0.15, -0.1) is 0 Å². The zero-order valence-corrected chi connectivity index (χ0v) is 14.8. The van der Waals surface area contributed by atoms with Crippen LogP contribution in [0.4, 0.5) is 8.78 Å². The molecule has 3 nitrogen and oxygen atoms in total. The van der Waals surface area contributed by atoms with Crippen LogP contribution in [-0.4, -0.2) is 19.1 Å². The van der Waals surface area contributed by atoms with Crippen molar-refractivity contribution in [2.24, 2.45) is 5.92 Å². The fourth-order valence-corrected chi connectivity index (χ4v) is 3.38. The lowest BCUT2D eigenvalue weighted by Crippen LogP contribution is -2.33. The minimum atomic E-state index is -0.586. The fraction of sp³-hybridized carbons (Fsp3) is 0.381. The Morgan fingerprint density at radius 3 is 2.62 bits per heavy atom. The number of ether oxygens (including phenoxy) is 1. The van der Waals surface area contributed by atoms with Crippen LogP contribution >= 0.6 is 0 Å².